The van der Waals surface area contributed by atoms with E-state index < -0.39 is 32.9 Å². The van der Waals surface area contributed by atoms with Crippen molar-refractivity contribution in [3.63, 3.8) is 0 Å². The van der Waals surface area contributed by atoms with Crippen LogP contribution in [0.5, 0.6) is 12.0 Å². The number of anilines is 1. The Morgan fingerprint density at radius 2 is 1.67 bits per heavy atom. The number of nitrogens with zero attached hydrogens (tertiary/aromatic N) is 4. The lowest BCUT2D eigenvalue weighted by atomic mass is 10.2. The van der Waals surface area contributed by atoms with Crippen LogP contribution in [0.4, 0.5) is 19.5 Å². The molecule has 146 valence electrons. The number of methoxy groups -OCH3 is 2. The van der Waals surface area contributed by atoms with Gasteiger partial charge in [0.15, 0.2) is 0 Å². The van der Waals surface area contributed by atoms with Gasteiger partial charge in [-0.25, -0.2) is 26.7 Å². The van der Waals surface area contributed by atoms with Gasteiger partial charge in [-0.1, -0.05) is 18.2 Å². The van der Waals surface area contributed by atoms with Crippen LogP contribution >= 0.6 is 0 Å². The number of nitrogens with one attached hydrogen (secondary N) is 1. The van der Waals surface area contributed by atoms with Gasteiger partial charge in [0.05, 0.1) is 19.1 Å². The lowest BCUT2D eigenvalue weighted by molar-refractivity contribution is 0.148. The monoisotopic (exact) mass is 403 g/mol. The summed E-state index contributed by atoms with van der Waals surface area (Å²) in [6.45, 7) is 0. The molecule has 0 aliphatic carbocycles. The van der Waals surface area contributed by atoms with Crippen LogP contribution in [0.15, 0.2) is 29.2 Å². The quantitative estimate of drug-likeness (QED) is 0.767. The molecular weight excluding hydrogens is 388 g/mol. The molecule has 0 bridgehead atoms. The molecule has 2 amide bonds. The number of ether oxygens (including phenoxy) is 2. The van der Waals surface area contributed by atoms with Gasteiger partial charge in [-0.05, 0) is 6.07 Å². The van der Waals surface area contributed by atoms with E-state index in [0.29, 0.717) is 0 Å². The van der Waals surface area contributed by atoms with Crippen molar-refractivity contribution in [2.24, 2.45) is 0 Å². The number of carbonyl (C=O) groups is 1. The van der Waals surface area contributed by atoms with Crippen LogP contribution in [0.2, 0.25) is 0 Å². The molecule has 1 N–H and O–H groups in total. The Labute approximate surface area is 153 Å². The highest BCUT2D eigenvalue weighted by Crippen LogP contribution is 2.26. The maximum atomic E-state index is 13.0. The summed E-state index contributed by atoms with van der Waals surface area (Å²) in [4.78, 5) is 23.6. The molecule has 10 nitrogen and oxygen atoms in total. The maximum absolute atomic E-state index is 13.0. The molecule has 2 aromatic rings. The molecule has 0 atom stereocenters. The first-order chi connectivity index (χ1) is 12.7. The Bertz CT molecular complexity index is 919. The smallest absolute Gasteiger partial charge is 0.337 e. The van der Waals surface area contributed by atoms with E-state index in [1.807, 2.05) is 0 Å². The number of hydrogen-bond donors (Lipinski definition) is 1. The predicted octanol–water partition coefficient (Wildman–Crippen LogP) is 1.36. The number of hydrogen-bond acceptors (Lipinski definition) is 8. The maximum Gasteiger partial charge on any atom is 0.337 e. The Balaban J connectivity index is 2.31. The van der Waals surface area contributed by atoms with E-state index in [1.54, 1.807) is 4.72 Å². The molecule has 0 unspecified atom stereocenters. The fraction of sp³-hybridized carbons (Fsp3) is 0.286. The van der Waals surface area contributed by atoms with E-state index in [1.165, 1.54) is 26.4 Å². The standard InChI is InChI=1S/C14H15F2N5O5S/c1-21(11-17-12(25-2)19-13(18-11)26-3)14(22)20-27(23,24)9-7-5-4-6-8(9)10(15)16/h4-7,10H,1-3H3,(H,20,22). The van der Waals surface area contributed by atoms with Crippen LogP contribution in [0.3, 0.4) is 0 Å². The first-order valence-corrected chi connectivity index (χ1v) is 8.69. The minimum Gasteiger partial charge on any atom is -0.467 e. The molecule has 0 radical (unpaired) electrons. The van der Waals surface area contributed by atoms with Gasteiger partial charge in [-0.2, -0.15) is 9.97 Å². The second kappa shape index (κ2) is 8.07. The third kappa shape index (κ3) is 4.55. The van der Waals surface area contributed by atoms with E-state index in [0.717, 1.165) is 24.1 Å². The number of aromatic nitrogens is 3. The Hall–Kier alpha value is -3.09. The van der Waals surface area contributed by atoms with Crippen LogP contribution in [-0.2, 0) is 10.0 Å². The normalized spacial score (nSPS) is 11.2. The van der Waals surface area contributed by atoms with Crippen LogP contribution in [-0.4, -0.2) is 50.7 Å². The zero-order valence-electron chi connectivity index (χ0n) is 14.4. The van der Waals surface area contributed by atoms with Crippen LogP contribution < -0.4 is 19.1 Å². The highest BCUT2D eigenvalue weighted by Gasteiger charge is 2.27. The molecule has 0 saturated carbocycles. The van der Waals surface area contributed by atoms with E-state index in [4.69, 9.17) is 9.47 Å². The summed E-state index contributed by atoms with van der Waals surface area (Å²) in [6.07, 6.45) is -3.04. The summed E-state index contributed by atoms with van der Waals surface area (Å²) in [6, 6.07) is 2.90. The lowest BCUT2D eigenvalue weighted by Crippen LogP contribution is -2.41. The number of urea groups is 1. The van der Waals surface area contributed by atoms with Crippen molar-refractivity contribution in [3.8, 4) is 12.0 Å². The molecule has 1 aromatic heterocycles. The van der Waals surface area contributed by atoms with E-state index in [-0.39, 0.29) is 18.0 Å². The van der Waals surface area contributed by atoms with Crippen molar-refractivity contribution >= 4 is 22.0 Å². The first kappa shape index (κ1) is 20.2. The second-order valence-electron chi connectivity index (χ2n) is 4.92. The number of rotatable bonds is 6. The van der Waals surface area contributed by atoms with Gasteiger partial charge in [-0.3, -0.25) is 4.90 Å². The molecular formula is C14H15F2N5O5S. The van der Waals surface area contributed by atoms with Gasteiger partial charge >= 0.3 is 18.1 Å². The Kier molecular flexibility index (Phi) is 6.05. The van der Waals surface area contributed by atoms with Crippen molar-refractivity contribution in [2.75, 3.05) is 26.2 Å². The number of amides is 2. The molecule has 1 aromatic carbocycles. The zero-order valence-corrected chi connectivity index (χ0v) is 15.2. The van der Waals surface area contributed by atoms with Crippen LogP contribution in [0, 0.1) is 0 Å². The van der Waals surface area contributed by atoms with Gasteiger partial charge in [0.1, 0.15) is 0 Å². The van der Waals surface area contributed by atoms with Gasteiger partial charge < -0.3 is 9.47 Å². The van der Waals surface area contributed by atoms with Crippen LogP contribution in [0.1, 0.15) is 12.0 Å². The topological polar surface area (TPSA) is 124 Å². The molecule has 0 fully saturated rings. The summed E-state index contributed by atoms with van der Waals surface area (Å²) in [7, 11) is -0.873. The van der Waals surface area contributed by atoms with E-state index >= 15 is 0 Å². The number of benzene rings is 1. The van der Waals surface area contributed by atoms with Gasteiger partial charge in [0, 0.05) is 12.6 Å². The largest absolute Gasteiger partial charge is 0.467 e. The van der Waals surface area contributed by atoms with E-state index in [9.17, 15) is 22.0 Å². The third-order valence-electron chi connectivity index (χ3n) is 3.22. The Morgan fingerprint density at radius 1 is 1.11 bits per heavy atom. The average molecular weight is 403 g/mol. The minimum atomic E-state index is -4.57. The molecule has 0 aliphatic rings. The molecule has 13 heteroatoms. The first-order valence-electron chi connectivity index (χ1n) is 7.21. The summed E-state index contributed by atoms with van der Waals surface area (Å²) < 4.78 is 62.2. The predicted molar refractivity (Wildman–Crippen MR) is 88.5 cm³/mol. The van der Waals surface area contributed by atoms with Gasteiger partial charge in [-0.15, -0.1) is 4.98 Å². The molecule has 1 heterocycles. The van der Waals surface area contributed by atoms with Crippen molar-refractivity contribution in [1.29, 1.82) is 0 Å². The molecule has 0 aliphatic heterocycles. The van der Waals surface area contributed by atoms with Crippen LogP contribution in [0.25, 0.3) is 0 Å². The number of alkyl halides is 2. The highest BCUT2D eigenvalue weighted by atomic mass is 32.2. The van der Waals surface area contributed by atoms with Crippen molar-refractivity contribution in [2.45, 2.75) is 11.3 Å². The average Bonchev–Trinajstić information content (AvgIpc) is 2.66. The van der Waals surface area contributed by atoms with Crippen molar-refractivity contribution < 1.29 is 31.5 Å². The number of halogens is 2. The highest BCUT2D eigenvalue weighted by molar-refractivity contribution is 7.90. The summed E-state index contributed by atoms with van der Waals surface area (Å²) >= 11 is 0. The Morgan fingerprint density at radius 3 is 2.19 bits per heavy atom. The SMILES string of the molecule is COc1nc(OC)nc(N(C)C(=O)NS(=O)(=O)c2ccccc2C(F)F)n1. The second-order valence-corrected chi connectivity index (χ2v) is 6.57. The summed E-state index contributed by atoms with van der Waals surface area (Å²) in [5, 5.41) is 0. The molecule has 0 saturated heterocycles. The van der Waals surface area contributed by atoms with Gasteiger partial charge in [0.2, 0.25) is 5.95 Å². The minimum absolute atomic E-state index is 0.178. The fourth-order valence-electron chi connectivity index (χ4n) is 1.90. The van der Waals surface area contributed by atoms with Crippen molar-refractivity contribution in [3.05, 3.63) is 29.8 Å². The zero-order chi connectivity index (χ0) is 20.2. The molecule has 0 spiro atoms. The molecule has 2 rings (SSSR count). The van der Waals surface area contributed by atoms with E-state index in [2.05, 4.69) is 15.0 Å². The number of carbonyl (C=O) groups excluding carboxylic acids is 1. The number of sulfonamides is 1. The summed E-state index contributed by atoms with van der Waals surface area (Å²) in [5.74, 6) is -0.284. The fourth-order valence-corrected chi connectivity index (χ4v) is 3.10. The molecule has 27 heavy (non-hydrogen) atoms. The lowest BCUT2D eigenvalue weighted by Gasteiger charge is -2.17. The summed E-state index contributed by atoms with van der Waals surface area (Å²) in [5.41, 5.74) is -0.732. The van der Waals surface area contributed by atoms with Crippen molar-refractivity contribution in [1.82, 2.24) is 19.7 Å². The van der Waals surface area contributed by atoms with Gasteiger partial charge in [0.25, 0.3) is 16.4 Å². The third-order valence-corrected chi connectivity index (χ3v) is 4.61.